The number of aryl methyl sites for hydroxylation is 1. The first-order valence-corrected chi connectivity index (χ1v) is 6.15. The van der Waals surface area contributed by atoms with E-state index in [-0.39, 0.29) is 12.1 Å². The molecule has 0 aromatic heterocycles. The van der Waals surface area contributed by atoms with Crippen LogP contribution in [0.4, 0.5) is 0 Å². The van der Waals surface area contributed by atoms with Crippen molar-refractivity contribution in [1.82, 2.24) is 5.32 Å². The second-order valence-corrected chi connectivity index (χ2v) is 5.01. The fourth-order valence-electron chi connectivity index (χ4n) is 2.07. The molecule has 1 aromatic carbocycles. The molecule has 0 radical (unpaired) electrons. The van der Waals surface area contributed by atoms with Gasteiger partial charge in [0.2, 0.25) is 0 Å². The molecule has 0 amide bonds. The second-order valence-electron chi connectivity index (χ2n) is 4.16. The van der Waals surface area contributed by atoms with Crippen molar-refractivity contribution in [2.45, 2.75) is 31.9 Å². The smallest absolute Gasteiger partial charge is 0.0943 e. The van der Waals surface area contributed by atoms with Crippen LogP contribution in [0.15, 0.2) is 22.7 Å². The molecular formula is C12H16BrNO. The van der Waals surface area contributed by atoms with Crippen LogP contribution in [0.25, 0.3) is 0 Å². The predicted molar refractivity (Wildman–Crippen MR) is 64.9 cm³/mol. The van der Waals surface area contributed by atoms with Crippen LogP contribution in [0.2, 0.25) is 0 Å². The first-order valence-electron chi connectivity index (χ1n) is 5.36. The highest BCUT2D eigenvalue weighted by Gasteiger charge is 2.23. The molecule has 2 N–H and O–H groups in total. The largest absolute Gasteiger partial charge is 0.387 e. The molecule has 3 heteroatoms. The van der Waals surface area contributed by atoms with Crippen molar-refractivity contribution in [3.8, 4) is 0 Å². The molecule has 0 bridgehead atoms. The van der Waals surface area contributed by atoms with E-state index < -0.39 is 0 Å². The molecule has 0 spiro atoms. The Labute approximate surface area is 98.8 Å². The first kappa shape index (κ1) is 11.1. The van der Waals surface area contributed by atoms with Crippen molar-refractivity contribution in [3.05, 3.63) is 33.8 Å². The molecule has 2 rings (SSSR count). The van der Waals surface area contributed by atoms with Crippen LogP contribution in [0.3, 0.4) is 0 Å². The highest BCUT2D eigenvalue weighted by Crippen LogP contribution is 2.26. The lowest BCUT2D eigenvalue weighted by Gasteiger charge is -2.19. The minimum atomic E-state index is -0.376. The van der Waals surface area contributed by atoms with Crippen LogP contribution < -0.4 is 5.32 Å². The molecule has 82 valence electrons. The molecule has 1 heterocycles. The lowest BCUT2D eigenvalue weighted by atomic mass is 10.00. The van der Waals surface area contributed by atoms with Crippen LogP contribution in [0.5, 0.6) is 0 Å². The van der Waals surface area contributed by atoms with Gasteiger partial charge in [0.05, 0.1) is 6.10 Å². The summed E-state index contributed by atoms with van der Waals surface area (Å²) in [6, 6.07) is 6.27. The van der Waals surface area contributed by atoms with E-state index >= 15 is 0 Å². The fraction of sp³-hybridized carbons (Fsp3) is 0.500. The number of nitrogens with one attached hydrogen (secondary N) is 1. The Hall–Kier alpha value is -0.380. The van der Waals surface area contributed by atoms with Crippen molar-refractivity contribution in [1.29, 1.82) is 0 Å². The Balaban J connectivity index is 2.17. The average Bonchev–Trinajstić information content (AvgIpc) is 2.74. The van der Waals surface area contributed by atoms with E-state index in [1.807, 2.05) is 19.1 Å². The van der Waals surface area contributed by atoms with E-state index in [0.717, 1.165) is 29.4 Å². The minimum Gasteiger partial charge on any atom is -0.387 e. The van der Waals surface area contributed by atoms with Gasteiger partial charge in [0.1, 0.15) is 0 Å². The molecule has 1 fully saturated rings. The third kappa shape index (κ3) is 2.41. The van der Waals surface area contributed by atoms with E-state index in [9.17, 15) is 5.11 Å². The number of hydrogen-bond donors (Lipinski definition) is 2. The van der Waals surface area contributed by atoms with Crippen molar-refractivity contribution < 1.29 is 5.11 Å². The Morgan fingerprint density at radius 1 is 1.53 bits per heavy atom. The van der Waals surface area contributed by atoms with Crippen LogP contribution in [0.1, 0.15) is 30.1 Å². The summed E-state index contributed by atoms with van der Waals surface area (Å²) in [5.41, 5.74) is 2.18. The molecule has 1 aromatic rings. The lowest BCUT2D eigenvalue weighted by molar-refractivity contribution is 0.137. The van der Waals surface area contributed by atoms with E-state index in [4.69, 9.17) is 0 Å². The van der Waals surface area contributed by atoms with Gasteiger partial charge in [-0.3, -0.25) is 0 Å². The van der Waals surface area contributed by atoms with E-state index in [1.165, 1.54) is 5.56 Å². The van der Waals surface area contributed by atoms with Crippen LogP contribution in [-0.2, 0) is 0 Å². The normalized spacial score (nSPS) is 23.0. The van der Waals surface area contributed by atoms with Gasteiger partial charge in [-0.2, -0.15) is 0 Å². The molecule has 15 heavy (non-hydrogen) atoms. The van der Waals surface area contributed by atoms with Crippen LogP contribution in [-0.4, -0.2) is 17.7 Å². The average molecular weight is 270 g/mol. The number of aliphatic hydroxyl groups excluding tert-OH is 1. The molecule has 2 nitrogen and oxygen atoms in total. The molecule has 0 aliphatic carbocycles. The topological polar surface area (TPSA) is 32.3 Å². The number of hydrogen-bond acceptors (Lipinski definition) is 2. The zero-order valence-electron chi connectivity index (χ0n) is 8.83. The van der Waals surface area contributed by atoms with Gasteiger partial charge < -0.3 is 10.4 Å². The maximum Gasteiger partial charge on any atom is 0.0943 e. The monoisotopic (exact) mass is 269 g/mol. The van der Waals surface area contributed by atoms with Gasteiger partial charge in [-0.05, 0) is 43.5 Å². The van der Waals surface area contributed by atoms with E-state index in [1.54, 1.807) is 0 Å². The maximum absolute atomic E-state index is 10.2. The number of halogens is 1. The Kier molecular flexibility index (Phi) is 3.44. The van der Waals surface area contributed by atoms with Gasteiger partial charge in [-0.25, -0.2) is 0 Å². The summed E-state index contributed by atoms with van der Waals surface area (Å²) in [5.74, 6) is 0. The third-order valence-electron chi connectivity index (χ3n) is 3.00. The van der Waals surface area contributed by atoms with Gasteiger partial charge in [-0.1, -0.05) is 28.1 Å². The van der Waals surface area contributed by atoms with E-state index in [0.29, 0.717) is 0 Å². The van der Waals surface area contributed by atoms with Gasteiger partial charge in [0, 0.05) is 10.5 Å². The van der Waals surface area contributed by atoms with Crippen molar-refractivity contribution in [3.63, 3.8) is 0 Å². The minimum absolute atomic E-state index is 0.227. The number of benzene rings is 1. The van der Waals surface area contributed by atoms with Gasteiger partial charge in [-0.15, -0.1) is 0 Å². The van der Waals surface area contributed by atoms with Gasteiger partial charge in [0.15, 0.2) is 0 Å². The van der Waals surface area contributed by atoms with Crippen LogP contribution >= 0.6 is 15.9 Å². The van der Waals surface area contributed by atoms with Crippen molar-refractivity contribution in [2.75, 3.05) is 6.54 Å². The summed E-state index contributed by atoms with van der Waals surface area (Å²) in [5, 5.41) is 13.5. The number of rotatable bonds is 2. The SMILES string of the molecule is Cc1cc(C(O)C2CCCN2)ccc1Br. The van der Waals surface area contributed by atoms with E-state index in [2.05, 4.69) is 27.3 Å². The van der Waals surface area contributed by atoms with Gasteiger partial charge >= 0.3 is 0 Å². The summed E-state index contributed by atoms with van der Waals surface area (Å²) in [7, 11) is 0. The van der Waals surface area contributed by atoms with Crippen molar-refractivity contribution >= 4 is 15.9 Å². The molecule has 1 aliphatic heterocycles. The summed E-state index contributed by atoms with van der Waals surface area (Å²) in [6.07, 6.45) is 1.85. The number of aliphatic hydroxyl groups is 1. The standard InChI is InChI=1S/C12H16BrNO/c1-8-7-9(4-5-10(8)13)12(15)11-3-2-6-14-11/h4-5,7,11-12,14-15H,2-3,6H2,1H3. The zero-order chi connectivity index (χ0) is 10.8. The first-order chi connectivity index (χ1) is 7.18. The molecule has 2 atom stereocenters. The highest BCUT2D eigenvalue weighted by atomic mass is 79.9. The molecule has 2 unspecified atom stereocenters. The quantitative estimate of drug-likeness (QED) is 0.865. The Bertz CT molecular complexity index is 347. The fourth-order valence-corrected chi connectivity index (χ4v) is 2.31. The summed E-state index contributed by atoms with van der Waals surface area (Å²) in [6.45, 7) is 3.07. The van der Waals surface area contributed by atoms with Crippen LogP contribution in [0, 0.1) is 6.92 Å². The maximum atomic E-state index is 10.2. The summed E-state index contributed by atoms with van der Waals surface area (Å²) in [4.78, 5) is 0. The lowest BCUT2D eigenvalue weighted by Crippen LogP contribution is -2.28. The highest BCUT2D eigenvalue weighted by molar-refractivity contribution is 9.10. The molecule has 0 saturated carbocycles. The Morgan fingerprint density at radius 2 is 2.33 bits per heavy atom. The molecule has 1 aliphatic rings. The Morgan fingerprint density at radius 3 is 2.93 bits per heavy atom. The zero-order valence-corrected chi connectivity index (χ0v) is 10.4. The molecule has 1 saturated heterocycles. The van der Waals surface area contributed by atoms with Crippen molar-refractivity contribution in [2.24, 2.45) is 0 Å². The molecular weight excluding hydrogens is 254 g/mol. The summed E-state index contributed by atoms with van der Waals surface area (Å²) >= 11 is 3.46. The van der Waals surface area contributed by atoms with Gasteiger partial charge in [0.25, 0.3) is 0 Å². The second kappa shape index (κ2) is 4.64. The summed E-state index contributed by atoms with van der Waals surface area (Å²) < 4.78 is 1.10. The predicted octanol–water partition coefficient (Wildman–Crippen LogP) is 2.54. The third-order valence-corrected chi connectivity index (χ3v) is 3.89.